The van der Waals surface area contributed by atoms with Crippen molar-refractivity contribution >= 4 is 5.91 Å². The van der Waals surface area contributed by atoms with E-state index < -0.39 is 0 Å². The smallest absolute Gasteiger partial charge is 0.227 e. The van der Waals surface area contributed by atoms with Gasteiger partial charge in [0.2, 0.25) is 11.7 Å². The van der Waals surface area contributed by atoms with E-state index >= 15 is 0 Å². The van der Waals surface area contributed by atoms with Gasteiger partial charge in [-0.2, -0.15) is 5.21 Å². The zero-order chi connectivity index (χ0) is 17.6. The molecule has 2 heterocycles. The van der Waals surface area contributed by atoms with E-state index in [0.29, 0.717) is 12.2 Å². The second-order valence-electron chi connectivity index (χ2n) is 5.82. The highest BCUT2D eigenvalue weighted by atomic mass is 16.2. The number of tetrazole rings is 1. The van der Waals surface area contributed by atoms with Crippen molar-refractivity contribution < 1.29 is 4.79 Å². The first-order chi connectivity index (χ1) is 12.2. The monoisotopic (exact) mass is 336 g/mol. The van der Waals surface area contributed by atoms with Crippen LogP contribution in [0.15, 0.2) is 48.8 Å². The summed E-state index contributed by atoms with van der Waals surface area (Å²) in [4.78, 5) is 18.5. The molecule has 128 valence electrons. The predicted octanol–water partition coefficient (Wildman–Crippen LogP) is 2.41. The highest BCUT2D eigenvalue weighted by Crippen LogP contribution is 2.23. The maximum Gasteiger partial charge on any atom is 0.227 e. The standard InChI is InChI=1S/C18H20N6O/c1-3-16(14-8-10-19-11-9-14)24(2)17(25)12-13-4-6-15(7-5-13)18-20-22-23-21-18/h4-11,16H,3,12H2,1-2H3,(H,20,21,22,23). The Morgan fingerprint density at radius 2 is 1.88 bits per heavy atom. The van der Waals surface area contributed by atoms with E-state index in [1.165, 1.54) is 0 Å². The van der Waals surface area contributed by atoms with Gasteiger partial charge in [-0.3, -0.25) is 9.78 Å². The van der Waals surface area contributed by atoms with Crippen molar-refractivity contribution in [3.63, 3.8) is 0 Å². The molecule has 3 rings (SSSR count). The average molecular weight is 336 g/mol. The van der Waals surface area contributed by atoms with Crippen LogP contribution < -0.4 is 0 Å². The van der Waals surface area contributed by atoms with Gasteiger partial charge in [-0.15, -0.1) is 10.2 Å². The zero-order valence-electron chi connectivity index (χ0n) is 14.3. The Kier molecular flexibility index (Phi) is 5.13. The lowest BCUT2D eigenvalue weighted by atomic mass is 10.0. The van der Waals surface area contributed by atoms with Gasteiger partial charge in [-0.05, 0) is 34.9 Å². The largest absolute Gasteiger partial charge is 0.338 e. The first kappa shape index (κ1) is 16.8. The molecule has 1 aromatic carbocycles. The first-order valence-electron chi connectivity index (χ1n) is 8.17. The molecule has 0 aliphatic carbocycles. The van der Waals surface area contributed by atoms with E-state index in [4.69, 9.17) is 0 Å². The quantitative estimate of drug-likeness (QED) is 0.747. The number of carbonyl (C=O) groups is 1. The molecule has 0 spiro atoms. The number of hydrogen-bond donors (Lipinski definition) is 1. The molecule has 2 aromatic heterocycles. The summed E-state index contributed by atoms with van der Waals surface area (Å²) in [7, 11) is 1.85. The van der Waals surface area contributed by atoms with Crippen LogP contribution in [0, 0.1) is 0 Å². The SMILES string of the molecule is CCC(c1ccncc1)N(C)C(=O)Cc1ccc(-c2nn[nH]n2)cc1. The lowest BCUT2D eigenvalue weighted by Gasteiger charge is -2.27. The molecule has 1 atom stereocenters. The van der Waals surface area contributed by atoms with E-state index in [9.17, 15) is 4.79 Å². The number of amides is 1. The molecule has 1 unspecified atom stereocenters. The van der Waals surface area contributed by atoms with Crippen LogP contribution in [-0.2, 0) is 11.2 Å². The molecule has 7 heteroatoms. The summed E-state index contributed by atoms with van der Waals surface area (Å²) in [5.41, 5.74) is 2.91. The normalized spacial score (nSPS) is 11.9. The van der Waals surface area contributed by atoms with Crippen molar-refractivity contribution in [2.75, 3.05) is 7.05 Å². The van der Waals surface area contributed by atoms with Crippen LogP contribution in [0.2, 0.25) is 0 Å². The molecule has 0 bridgehead atoms. The minimum absolute atomic E-state index is 0.0501. The van der Waals surface area contributed by atoms with Crippen LogP contribution in [-0.4, -0.2) is 43.5 Å². The number of likely N-dealkylation sites (N-methyl/N-ethyl adjacent to an activating group) is 1. The first-order valence-corrected chi connectivity index (χ1v) is 8.17. The van der Waals surface area contributed by atoms with Crippen molar-refractivity contribution in [1.29, 1.82) is 0 Å². The molecule has 0 fully saturated rings. The maximum absolute atomic E-state index is 12.7. The maximum atomic E-state index is 12.7. The number of H-pyrrole nitrogens is 1. The Labute approximate surface area is 146 Å². The van der Waals surface area contributed by atoms with Crippen LogP contribution in [0.1, 0.15) is 30.5 Å². The molecule has 3 aromatic rings. The van der Waals surface area contributed by atoms with Crippen molar-refractivity contribution in [3.05, 3.63) is 59.9 Å². The third kappa shape index (κ3) is 3.88. The number of aromatic amines is 1. The molecule has 7 nitrogen and oxygen atoms in total. The minimum Gasteiger partial charge on any atom is -0.338 e. The molecular weight excluding hydrogens is 316 g/mol. The second-order valence-corrected chi connectivity index (χ2v) is 5.82. The van der Waals surface area contributed by atoms with Crippen LogP contribution in [0.25, 0.3) is 11.4 Å². The molecule has 0 radical (unpaired) electrons. The average Bonchev–Trinajstić information content (AvgIpc) is 3.18. The Morgan fingerprint density at radius 3 is 2.48 bits per heavy atom. The second kappa shape index (κ2) is 7.65. The number of pyridine rings is 1. The number of carbonyl (C=O) groups excluding carboxylic acids is 1. The Balaban J connectivity index is 1.68. The number of nitrogens with one attached hydrogen (secondary N) is 1. The van der Waals surface area contributed by atoms with Gasteiger partial charge < -0.3 is 4.90 Å². The van der Waals surface area contributed by atoms with Crippen LogP contribution in [0.3, 0.4) is 0 Å². The van der Waals surface area contributed by atoms with E-state index in [2.05, 4.69) is 32.5 Å². The van der Waals surface area contributed by atoms with Gasteiger partial charge in [-0.1, -0.05) is 31.2 Å². The van der Waals surface area contributed by atoms with Gasteiger partial charge in [0, 0.05) is 25.0 Å². The summed E-state index contributed by atoms with van der Waals surface area (Å²) < 4.78 is 0. The number of rotatable bonds is 6. The van der Waals surface area contributed by atoms with E-state index in [-0.39, 0.29) is 11.9 Å². The fraction of sp³-hybridized carbons (Fsp3) is 0.278. The predicted molar refractivity (Wildman–Crippen MR) is 93.4 cm³/mol. The van der Waals surface area contributed by atoms with Gasteiger partial charge in [0.15, 0.2) is 0 Å². The Bertz CT molecular complexity index is 801. The molecular formula is C18H20N6O. The van der Waals surface area contributed by atoms with Gasteiger partial charge >= 0.3 is 0 Å². The molecule has 0 aliphatic rings. The number of nitrogens with zero attached hydrogens (tertiary/aromatic N) is 5. The zero-order valence-corrected chi connectivity index (χ0v) is 14.3. The molecule has 1 N–H and O–H groups in total. The third-order valence-corrected chi connectivity index (χ3v) is 4.25. The fourth-order valence-corrected chi connectivity index (χ4v) is 2.85. The number of benzene rings is 1. The van der Waals surface area contributed by atoms with E-state index in [0.717, 1.165) is 23.1 Å². The van der Waals surface area contributed by atoms with Crippen molar-refractivity contribution in [1.82, 2.24) is 30.5 Å². The third-order valence-electron chi connectivity index (χ3n) is 4.25. The minimum atomic E-state index is 0.0501. The van der Waals surface area contributed by atoms with Crippen molar-refractivity contribution in [2.45, 2.75) is 25.8 Å². The molecule has 0 saturated heterocycles. The van der Waals surface area contributed by atoms with Crippen LogP contribution >= 0.6 is 0 Å². The topological polar surface area (TPSA) is 87.7 Å². The van der Waals surface area contributed by atoms with Crippen LogP contribution in [0.4, 0.5) is 0 Å². The highest BCUT2D eigenvalue weighted by molar-refractivity contribution is 5.79. The van der Waals surface area contributed by atoms with Gasteiger partial charge in [0.1, 0.15) is 0 Å². The van der Waals surface area contributed by atoms with Gasteiger partial charge in [0.25, 0.3) is 0 Å². The molecule has 25 heavy (non-hydrogen) atoms. The van der Waals surface area contributed by atoms with E-state index in [1.807, 2.05) is 48.3 Å². The summed E-state index contributed by atoms with van der Waals surface area (Å²) in [5, 5.41) is 13.9. The summed E-state index contributed by atoms with van der Waals surface area (Å²) in [5.74, 6) is 0.620. The van der Waals surface area contributed by atoms with Crippen LogP contribution in [0.5, 0.6) is 0 Å². The molecule has 0 saturated carbocycles. The Morgan fingerprint density at radius 1 is 1.16 bits per heavy atom. The fourth-order valence-electron chi connectivity index (χ4n) is 2.85. The number of aromatic nitrogens is 5. The summed E-state index contributed by atoms with van der Waals surface area (Å²) in [6, 6.07) is 11.6. The Hall–Kier alpha value is -3.09. The lowest BCUT2D eigenvalue weighted by Crippen LogP contribution is -2.32. The van der Waals surface area contributed by atoms with E-state index in [1.54, 1.807) is 12.4 Å². The molecule has 1 amide bonds. The van der Waals surface area contributed by atoms with Crippen molar-refractivity contribution in [3.8, 4) is 11.4 Å². The van der Waals surface area contributed by atoms with Gasteiger partial charge in [-0.25, -0.2) is 0 Å². The van der Waals surface area contributed by atoms with Gasteiger partial charge in [0.05, 0.1) is 12.5 Å². The summed E-state index contributed by atoms with van der Waals surface area (Å²) in [6.07, 6.45) is 4.72. The lowest BCUT2D eigenvalue weighted by molar-refractivity contribution is -0.131. The van der Waals surface area contributed by atoms with Crippen molar-refractivity contribution in [2.24, 2.45) is 0 Å². The highest BCUT2D eigenvalue weighted by Gasteiger charge is 2.20. The summed E-state index contributed by atoms with van der Waals surface area (Å²) >= 11 is 0. The summed E-state index contributed by atoms with van der Waals surface area (Å²) in [6.45, 7) is 2.08. The molecule has 0 aliphatic heterocycles. The number of hydrogen-bond acceptors (Lipinski definition) is 5.